The number of hydrogen-bond acceptors (Lipinski definition) is 3. The summed E-state index contributed by atoms with van der Waals surface area (Å²) in [5, 5.41) is 19.6. The molecule has 0 aromatic heterocycles. The van der Waals surface area contributed by atoms with Crippen molar-refractivity contribution in [2.75, 3.05) is 0 Å². The second-order valence-corrected chi connectivity index (χ2v) is 3.49. The number of halogens is 2. The van der Waals surface area contributed by atoms with E-state index in [4.69, 9.17) is 0 Å². The van der Waals surface area contributed by atoms with Gasteiger partial charge in [0.05, 0.1) is 0 Å². The molecule has 0 aliphatic carbocycles. The first kappa shape index (κ1) is 11.8. The Hall–Kier alpha value is -1.66. The zero-order valence-electron chi connectivity index (χ0n) is 8.68. The van der Waals surface area contributed by atoms with Crippen molar-refractivity contribution in [1.82, 2.24) is 0 Å². The lowest BCUT2D eigenvalue weighted by atomic mass is 9.77. The van der Waals surface area contributed by atoms with E-state index < -0.39 is 13.7 Å². The van der Waals surface area contributed by atoms with Crippen LogP contribution in [0.25, 0.3) is 10.8 Å². The Morgan fingerprint density at radius 3 is 2.47 bits per heavy atom. The highest BCUT2D eigenvalue weighted by Crippen LogP contribution is 2.20. The van der Waals surface area contributed by atoms with Gasteiger partial charge in [-0.3, -0.25) is 0 Å². The number of hydrogen-bond donors (Lipinski definition) is 2. The van der Waals surface area contributed by atoms with Crippen LogP contribution in [0.2, 0.25) is 0 Å². The van der Waals surface area contributed by atoms with Crippen LogP contribution in [0.5, 0.6) is 5.75 Å². The van der Waals surface area contributed by atoms with Gasteiger partial charge in [0.15, 0.2) is 0 Å². The normalized spacial score (nSPS) is 10.9. The van der Waals surface area contributed by atoms with Crippen LogP contribution in [0, 0.1) is 0 Å². The molecule has 2 aromatic rings. The standard InChI is InChI=1S/C11H9BF2O3/c13-11(14)17-8-5-7-3-1-2-4-9(7)10(6-8)12(15)16/h1-6,11,15-16H. The summed E-state index contributed by atoms with van der Waals surface area (Å²) in [5.74, 6) is -0.0956. The molecule has 0 saturated carbocycles. The molecule has 0 atom stereocenters. The second kappa shape index (κ2) is 4.69. The molecule has 0 radical (unpaired) electrons. The molecule has 2 N–H and O–H groups in total. The molecular formula is C11H9BF2O3. The van der Waals surface area contributed by atoms with Crippen LogP contribution < -0.4 is 10.2 Å². The van der Waals surface area contributed by atoms with Gasteiger partial charge in [-0.25, -0.2) is 0 Å². The summed E-state index contributed by atoms with van der Waals surface area (Å²) in [5.41, 5.74) is 0.138. The van der Waals surface area contributed by atoms with Crippen molar-refractivity contribution in [3.63, 3.8) is 0 Å². The highest BCUT2D eigenvalue weighted by Gasteiger charge is 2.17. The topological polar surface area (TPSA) is 49.7 Å². The van der Waals surface area contributed by atoms with E-state index in [0.29, 0.717) is 10.8 Å². The predicted octanol–water partition coefficient (Wildman–Crippen LogP) is 1.12. The summed E-state index contributed by atoms with van der Waals surface area (Å²) < 4.78 is 28.5. The molecule has 0 aliphatic heterocycles. The Balaban J connectivity index is 2.58. The fraction of sp³-hybridized carbons (Fsp3) is 0.0909. The average molecular weight is 238 g/mol. The summed E-state index contributed by atoms with van der Waals surface area (Å²) >= 11 is 0. The van der Waals surface area contributed by atoms with Gasteiger partial charge in [0, 0.05) is 0 Å². The van der Waals surface area contributed by atoms with Crippen molar-refractivity contribution in [3.05, 3.63) is 36.4 Å². The van der Waals surface area contributed by atoms with E-state index in [0.717, 1.165) is 0 Å². The second-order valence-electron chi connectivity index (χ2n) is 3.49. The van der Waals surface area contributed by atoms with Gasteiger partial charge in [-0.15, -0.1) is 0 Å². The first-order chi connectivity index (χ1) is 8.08. The molecule has 88 valence electrons. The zero-order valence-corrected chi connectivity index (χ0v) is 8.68. The molecule has 0 heterocycles. The number of benzene rings is 2. The van der Waals surface area contributed by atoms with Crippen LogP contribution in [0.4, 0.5) is 8.78 Å². The lowest BCUT2D eigenvalue weighted by Gasteiger charge is -2.10. The molecular weight excluding hydrogens is 229 g/mol. The first-order valence-corrected chi connectivity index (χ1v) is 4.91. The third kappa shape index (κ3) is 2.54. The maximum Gasteiger partial charge on any atom is 0.489 e. The highest BCUT2D eigenvalue weighted by molar-refractivity contribution is 6.62. The average Bonchev–Trinajstić information content (AvgIpc) is 2.27. The van der Waals surface area contributed by atoms with Crippen molar-refractivity contribution in [3.8, 4) is 5.75 Å². The fourth-order valence-corrected chi connectivity index (χ4v) is 1.70. The first-order valence-electron chi connectivity index (χ1n) is 4.91. The summed E-state index contributed by atoms with van der Waals surface area (Å²) in [6.07, 6.45) is 0. The summed E-state index contributed by atoms with van der Waals surface area (Å²) in [7, 11) is -1.74. The molecule has 0 fully saturated rings. The minimum atomic E-state index is -2.94. The smallest absolute Gasteiger partial charge is 0.435 e. The Morgan fingerprint density at radius 1 is 1.12 bits per heavy atom. The molecule has 2 rings (SSSR count). The zero-order chi connectivity index (χ0) is 12.4. The lowest BCUT2D eigenvalue weighted by molar-refractivity contribution is -0.0497. The van der Waals surface area contributed by atoms with Gasteiger partial charge in [-0.2, -0.15) is 8.78 Å². The number of ether oxygens (including phenoxy) is 1. The summed E-state index contributed by atoms with van der Waals surface area (Å²) in [4.78, 5) is 0. The van der Waals surface area contributed by atoms with E-state index in [2.05, 4.69) is 4.74 Å². The van der Waals surface area contributed by atoms with Gasteiger partial charge >= 0.3 is 13.7 Å². The fourth-order valence-electron chi connectivity index (χ4n) is 1.70. The van der Waals surface area contributed by atoms with E-state index in [9.17, 15) is 18.8 Å². The van der Waals surface area contributed by atoms with Crippen molar-refractivity contribution in [2.24, 2.45) is 0 Å². The summed E-state index contributed by atoms with van der Waals surface area (Å²) in [6, 6.07) is 9.42. The third-order valence-corrected chi connectivity index (χ3v) is 2.37. The lowest BCUT2D eigenvalue weighted by Crippen LogP contribution is -2.30. The highest BCUT2D eigenvalue weighted by atomic mass is 19.3. The van der Waals surface area contributed by atoms with Crippen LogP contribution in [0.3, 0.4) is 0 Å². The van der Waals surface area contributed by atoms with E-state index in [1.165, 1.54) is 12.1 Å². The van der Waals surface area contributed by atoms with E-state index >= 15 is 0 Å². The number of alkyl halides is 2. The molecule has 0 saturated heterocycles. The van der Waals surface area contributed by atoms with Gasteiger partial charge in [0.25, 0.3) is 0 Å². The van der Waals surface area contributed by atoms with Gasteiger partial charge in [0.2, 0.25) is 0 Å². The van der Waals surface area contributed by atoms with E-state index in [1.54, 1.807) is 24.3 Å². The monoisotopic (exact) mass is 238 g/mol. The van der Waals surface area contributed by atoms with Gasteiger partial charge in [-0.1, -0.05) is 24.3 Å². The van der Waals surface area contributed by atoms with Crippen molar-refractivity contribution < 1.29 is 23.6 Å². The molecule has 2 aromatic carbocycles. The molecule has 3 nitrogen and oxygen atoms in total. The van der Waals surface area contributed by atoms with E-state index in [-0.39, 0.29) is 11.2 Å². The minimum absolute atomic E-state index is 0.0956. The van der Waals surface area contributed by atoms with Gasteiger partial charge < -0.3 is 14.8 Å². The molecule has 6 heteroatoms. The maximum absolute atomic E-state index is 12.1. The van der Waals surface area contributed by atoms with Crippen LogP contribution in [-0.4, -0.2) is 23.8 Å². The molecule has 0 bridgehead atoms. The SMILES string of the molecule is OB(O)c1cc(OC(F)F)cc2ccccc12. The summed E-state index contributed by atoms with van der Waals surface area (Å²) in [6.45, 7) is -2.94. The van der Waals surface area contributed by atoms with E-state index in [1.807, 2.05) is 0 Å². The van der Waals surface area contributed by atoms with Crippen LogP contribution in [0.1, 0.15) is 0 Å². The minimum Gasteiger partial charge on any atom is -0.435 e. The molecule has 0 amide bonds. The molecule has 0 aliphatic rings. The Morgan fingerprint density at radius 2 is 1.82 bits per heavy atom. The Labute approximate surface area is 96.4 Å². The molecule has 0 unspecified atom stereocenters. The van der Waals surface area contributed by atoms with Crippen molar-refractivity contribution in [2.45, 2.75) is 6.61 Å². The van der Waals surface area contributed by atoms with Gasteiger partial charge in [0.1, 0.15) is 5.75 Å². The van der Waals surface area contributed by atoms with Gasteiger partial charge in [-0.05, 0) is 28.4 Å². The maximum atomic E-state index is 12.1. The van der Waals surface area contributed by atoms with Crippen LogP contribution >= 0.6 is 0 Å². The quantitative estimate of drug-likeness (QED) is 0.787. The molecule has 17 heavy (non-hydrogen) atoms. The third-order valence-electron chi connectivity index (χ3n) is 2.37. The van der Waals surface area contributed by atoms with Crippen molar-refractivity contribution in [1.29, 1.82) is 0 Å². The largest absolute Gasteiger partial charge is 0.489 e. The number of rotatable bonds is 3. The van der Waals surface area contributed by atoms with Crippen LogP contribution in [-0.2, 0) is 0 Å². The number of fused-ring (bicyclic) bond motifs is 1. The van der Waals surface area contributed by atoms with Crippen molar-refractivity contribution >= 4 is 23.4 Å². The molecule has 0 spiro atoms. The van der Waals surface area contributed by atoms with Crippen LogP contribution in [0.15, 0.2) is 36.4 Å². The Kier molecular flexibility index (Phi) is 3.26. The Bertz CT molecular complexity index is 531. The predicted molar refractivity (Wildman–Crippen MR) is 60.4 cm³/mol.